The molecule has 0 radical (unpaired) electrons. The standard InChI is InChI=1S/C17H10F3N3O3S/c18-17(19,20)13-3-1-11(2-4-13)15-10-23(22-21-15)14-5-6-16-12(9-14)7-8-27(24,25)26-16/h1-10H. The molecule has 0 spiro atoms. The molecule has 1 aromatic heterocycles. The molecule has 4 rings (SSSR count). The summed E-state index contributed by atoms with van der Waals surface area (Å²) in [4.78, 5) is 0. The van der Waals surface area contributed by atoms with E-state index < -0.39 is 21.9 Å². The van der Waals surface area contributed by atoms with Crippen LogP contribution in [0.5, 0.6) is 5.75 Å². The summed E-state index contributed by atoms with van der Waals surface area (Å²) < 4.78 is 67.1. The van der Waals surface area contributed by atoms with E-state index in [9.17, 15) is 21.6 Å². The summed E-state index contributed by atoms with van der Waals surface area (Å²) in [6, 6.07) is 9.36. The van der Waals surface area contributed by atoms with Gasteiger partial charge >= 0.3 is 16.3 Å². The predicted molar refractivity (Wildman–Crippen MR) is 90.4 cm³/mol. The van der Waals surface area contributed by atoms with Crippen molar-refractivity contribution < 1.29 is 25.8 Å². The molecular weight excluding hydrogens is 383 g/mol. The zero-order chi connectivity index (χ0) is 19.2. The van der Waals surface area contributed by atoms with Gasteiger partial charge < -0.3 is 4.18 Å². The highest BCUT2D eigenvalue weighted by molar-refractivity contribution is 7.90. The van der Waals surface area contributed by atoms with Gasteiger partial charge in [0.15, 0.2) is 0 Å². The SMILES string of the molecule is O=S1(=O)C=Cc2cc(-n3cc(-c4ccc(C(F)(F)F)cc4)nn3)ccc2O1. The van der Waals surface area contributed by atoms with Gasteiger partial charge in [0.25, 0.3) is 0 Å². The Morgan fingerprint density at radius 1 is 1.04 bits per heavy atom. The van der Waals surface area contributed by atoms with Crippen LogP contribution in [-0.4, -0.2) is 23.4 Å². The number of halogens is 3. The summed E-state index contributed by atoms with van der Waals surface area (Å²) in [6.45, 7) is 0. The zero-order valence-corrected chi connectivity index (χ0v) is 14.2. The van der Waals surface area contributed by atoms with Gasteiger partial charge in [-0.2, -0.15) is 21.6 Å². The molecule has 0 unspecified atom stereocenters. The van der Waals surface area contributed by atoms with E-state index in [1.807, 2.05) is 0 Å². The molecule has 138 valence electrons. The number of aromatic nitrogens is 3. The Kier molecular flexibility index (Phi) is 3.81. The second-order valence-electron chi connectivity index (χ2n) is 5.72. The first-order chi connectivity index (χ1) is 12.7. The minimum Gasteiger partial charge on any atom is -0.379 e. The van der Waals surface area contributed by atoms with E-state index in [0.717, 1.165) is 17.5 Å². The van der Waals surface area contributed by atoms with Gasteiger partial charge in [-0.25, -0.2) is 4.68 Å². The lowest BCUT2D eigenvalue weighted by Gasteiger charge is -2.12. The molecule has 0 saturated carbocycles. The fourth-order valence-electron chi connectivity index (χ4n) is 2.55. The quantitative estimate of drug-likeness (QED) is 0.622. The van der Waals surface area contributed by atoms with Crippen molar-refractivity contribution in [3.63, 3.8) is 0 Å². The maximum atomic E-state index is 12.6. The predicted octanol–water partition coefficient (Wildman–Crippen LogP) is 3.65. The molecule has 6 nitrogen and oxygen atoms in total. The minimum absolute atomic E-state index is 0.198. The van der Waals surface area contributed by atoms with E-state index in [4.69, 9.17) is 4.18 Å². The molecule has 0 amide bonds. The van der Waals surface area contributed by atoms with Crippen LogP contribution in [0.3, 0.4) is 0 Å². The smallest absolute Gasteiger partial charge is 0.379 e. The summed E-state index contributed by atoms with van der Waals surface area (Å²) in [5.74, 6) is 0.198. The third-order valence-corrected chi connectivity index (χ3v) is 4.76. The van der Waals surface area contributed by atoms with Crippen molar-refractivity contribution in [1.29, 1.82) is 0 Å². The highest BCUT2D eigenvalue weighted by Crippen LogP contribution is 2.31. The molecule has 0 atom stereocenters. The van der Waals surface area contributed by atoms with E-state index >= 15 is 0 Å². The zero-order valence-electron chi connectivity index (χ0n) is 13.4. The van der Waals surface area contributed by atoms with Crippen molar-refractivity contribution in [2.75, 3.05) is 0 Å². The first kappa shape index (κ1) is 17.3. The molecule has 0 saturated heterocycles. The third-order valence-electron chi connectivity index (χ3n) is 3.88. The van der Waals surface area contributed by atoms with Crippen molar-refractivity contribution in [3.05, 3.63) is 65.2 Å². The first-order valence-electron chi connectivity index (χ1n) is 7.58. The number of benzene rings is 2. The van der Waals surface area contributed by atoms with Crippen molar-refractivity contribution in [2.24, 2.45) is 0 Å². The lowest BCUT2D eigenvalue weighted by atomic mass is 10.1. The molecule has 3 aromatic rings. The van der Waals surface area contributed by atoms with Crippen molar-refractivity contribution >= 4 is 16.2 Å². The molecule has 1 aliphatic heterocycles. The Morgan fingerprint density at radius 3 is 2.48 bits per heavy atom. The lowest BCUT2D eigenvalue weighted by molar-refractivity contribution is -0.137. The largest absolute Gasteiger partial charge is 0.416 e. The van der Waals surface area contributed by atoms with Gasteiger partial charge in [0, 0.05) is 11.1 Å². The van der Waals surface area contributed by atoms with E-state index in [0.29, 0.717) is 22.5 Å². The normalized spacial score (nSPS) is 15.2. The van der Waals surface area contributed by atoms with Gasteiger partial charge in [-0.15, -0.1) is 5.10 Å². The average Bonchev–Trinajstić information content (AvgIpc) is 3.10. The Bertz CT molecular complexity index is 1150. The van der Waals surface area contributed by atoms with Gasteiger partial charge in [0.1, 0.15) is 11.4 Å². The maximum absolute atomic E-state index is 12.6. The number of nitrogens with zero attached hydrogens (tertiary/aromatic N) is 3. The molecule has 0 N–H and O–H groups in total. The van der Waals surface area contributed by atoms with Crippen LogP contribution in [0.1, 0.15) is 11.1 Å². The fraction of sp³-hybridized carbons (Fsp3) is 0.0588. The van der Waals surface area contributed by atoms with E-state index in [-0.39, 0.29) is 5.75 Å². The molecule has 2 heterocycles. The first-order valence-corrected chi connectivity index (χ1v) is 9.05. The Hall–Kier alpha value is -3.14. The van der Waals surface area contributed by atoms with Crippen LogP contribution in [0.4, 0.5) is 13.2 Å². The number of alkyl halides is 3. The molecule has 0 aliphatic carbocycles. The summed E-state index contributed by atoms with van der Waals surface area (Å²) in [7, 11) is -3.72. The highest BCUT2D eigenvalue weighted by Gasteiger charge is 2.30. The monoisotopic (exact) mass is 393 g/mol. The fourth-order valence-corrected chi connectivity index (χ4v) is 3.32. The minimum atomic E-state index is -4.40. The maximum Gasteiger partial charge on any atom is 0.416 e. The van der Waals surface area contributed by atoms with Gasteiger partial charge in [0.2, 0.25) is 0 Å². The lowest BCUT2D eigenvalue weighted by Crippen LogP contribution is -2.09. The van der Waals surface area contributed by atoms with Crippen LogP contribution in [0, 0.1) is 0 Å². The van der Waals surface area contributed by atoms with E-state index in [1.165, 1.54) is 29.0 Å². The van der Waals surface area contributed by atoms with E-state index in [1.54, 1.807) is 18.3 Å². The Labute approximate surface area is 151 Å². The molecule has 27 heavy (non-hydrogen) atoms. The second-order valence-corrected chi connectivity index (χ2v) is 7.15. The third kappa shape index (κ3) is 3.43. The molecule has 1 aliphatic rings. The van der Waals surface area contributed by atoms with Crippen molar-refractivity contribution in [2.45, 2.75) is 6.18 Å². The Morgan fingerprint density at radius 2 is 1.78 bits per heavy atom. The molecule has 0 bridgehead atoms. The van der Waals surface area contributed by atoms with Gasteiger partial charge in [-0.1, -0.05) is 17.3 Å². The number of rotatable bonds is 2. The van der Waals surface area contributed by atoms with Gasteiger partial charge in [-0.3, -0.25) is 0 Å². The molecule has 10 heteroatoms. The molecule has 2 aromatic carbocycles. The number of fused-ring (bicyclic) bond motifs is 1. The van der Waals surface area contributed by atoms with Crippen molar-refractivity contribution in [3.8, 4) is 22.7 Å². The van der Waals surface area contributed by atoms with Crippen LogP contribution >= 0.6 is 0 Å². The van der Waals surface area contributed by atoms with Gasteiger partial charge in [-0.05, 0) is 36.4 Å². The molecule has 0 fully saturated rings. The molecular formula is C17H10F3N3O3S. The van der Waals surface area contributed by atoms with Crippen LogP contribution in [0.25, 0.3) is 23.0 Å². The topological polar surface area (TPSA) is 74.1 Å². The summed E-state index contributed by atoms with van der Waals surface area (Å²) in [6.07, 6.45) is -1.43. The van der Waals surface area contributed by atoms with Crippen LogP contribution in [0.15, 0.2) is 54.1 Å². The second kappa shape index (κ2) is 5.95. The Balaban J connectivity index is 1.64. The van der Waals surface area contributed by atoms with Crippen LogP contribution < -0.4 is 4.18 Å². The summed E-state index contributed by atoms with van der Waals surface area (Å²) in [5.41, 5.74) is 1.29. The highest BCUT2D eigenvalue weighted by atomic mass is 32.2. The number of hydrogen-bond donors (Lipinski definition) is 0. The summed E-state index contributed by atoms with van der Waals surface area (Å²) in [5, 5.41) is 8.90. The summed E-state index contributed by atoms with van der Waals surface area (Å²) >= 11 is 0. The van der Waals surface area contributed by atoms with Crippen LogP contribution in [-0.2, 0) is 16.3 Å². The van der Waals surface area contributed by atoms with Crippen molar-refractivity contribution in [1.82, 2.24) is 15.0 Å². The van der Waals surface area contributed by atoms with Crippen LogP contribution in [0.2, 0.25) is 0 Å². The van der Waals surface area contributed by atoms with Gasteiger partial charge in [0.05, 0.1) is 22.9 Å². The average molecular weight is 393 g/mol. The van der Waals surface area contributed by atoms with E-state index in [2.05, 4.69) is 10.3 Å². The number of hydrogen-bond acceptors (Lipinski definition) is 5.